The number of hydrogen-bond donors (Lipinski definition) is 1. The smallest absolute Gasteiger partial charge is 0.289 e. The second kappa shape index (κ2) is 9.69. The van der Waals surface area contributed by atoms with Crippen molar-refractivity contribution in [2.45, 2.75) is 50.8 Å². The van der Waals surface area contributed by atoms with Crippen LogP contribution in [-0.2, 0) is 14.3 Å². The standard InChI is InChI=1S/C25H27BrN2O3/c1-17(19-9-3-2-4-10-19)27-24(29)16-28-21-12-5-6-13-22(21)31-23(25(28)30)15-18-8-7-11-20(26)14-18/h2-4,7-11,14-15,17,21-22H,5-6,12-13,16H2,1H3,(H,27,29)/b23-15+. The van der Waals surface area contributed by atoms with Gasteiger partial charge in [-0.1, -0.05) is 64.8 Å². The third-order valence-corrected chi connectivity index (χ3v) is 6.45. The minimum absolute atomic E-state index is 0.0381. The van der Waals surface area contributed by atoms with Crippen molar-refractivity contribution in [3.05, 3.63) is 76.0 Å². The topological polar surface area (TPSA) is 58.6 Å². The fourth-order valence-corrected chi connectivity index (χ4v) is 4.79. The molecular formula is C25H27BrN2O3. The number of amides is 2. The lowest BCUT2D eigenvalue weighted by Crippen LogP contribution is -2.57. The zero-order valence-electron chi connectivity index (χ0n) is 17.6. The molecule has 0 aromatic heterocycles. The minimum atomic E-state index is -0.217. The van der Waals surface area contributed by atoms with Gasteiger partial charge < -0.3 is 15.0 Å². The molecule has 4 rings (SSSR count). The summed E-state index contributed by atoms with van der Waals surface area (Å²) in [5, 5.41) is 3.03. The Hall–Kier alpha value is -2.60. The van der Waals surface area contributed by atoms with E-state index >= 15 is 0 Å². The molecular weight excluding hydrogens is 456 g/mol. The van der Waals surface area contributed by atoms with Gasteiger partial charge in [0.25, 0.3) is 5.91 Å². The molecule has 31 heavy (non-hydrogen) atoms. The van der Waals surface area contributed by atoms with Gasteiger partial charge in [-0.15, -0.1) is 0 Å². The molecule has 0 bridgehead atoms. The van der Waals surface area contributed by atoms with Gasteiger partial charge >= 0.3 is 0 Å². The third kappa shape index (κ3) is 5.18. The van der Waals surface area contributed by atoms with Gasteiger partial charge in [0.2, 0.25) is 5.91 Å². The molecule has 0 radical (unpaired) electrons. The Labute approximate surface area is 191 Å². The molecule has 1 heterocycles. The maximum Gasteiger partial charge on any atom is 0.289 e. The van der Waals surface area contributed by atoms with Crippen molar-refractivity contribution in [2.24, 2.45) is 0 Å². The molecule has 2 fully saturated rings. The lowest BCUT2D eigenvalue weighted by Gasteiger charge is -2.44. The van der Waals surface area contributed by atoms with E-state index in [4.69, 9.17) is 4.74 Å². The number of carbonyl (C=O) groups is 2. The van der Waals surface area contributed by atoms with Crippen molar-refractivity contribution in [3.8, 4) is 0 Å². The average Bonchev–Trinajstić information content (AvgIpc) is 2.77. The van der Waals surface area contributed by atoms with E-state index in [0.717, 1.165) is 41.3 Å². The Morgan fingerprint density at radius 2 is 1.97 bits per heavy atom. The van der Waals surface area contributed by atoms with Gasteiger partial charge in [0.15, 0.2) is 5.76 Å². The summed E-state index contributed by atoms with van der Waals surface area (Å²) in [5.74, 6) is -0.0615. The fraction of sp³-hybridized carbons (Fsp3) is 0.360. The van der Waals surface area contributed by atoms with E-state index in [-0.39, 0.29) is 36.5 Å². The molecule has 2 aromatic carbocycles. The number of halogens is 1. The fourth-order valence-electron chi connectivity index (χ4n) is 4.38. The molecule has 2 aliphatic rings. The van der Waals surface area contributed by atoms with Gasteiger partial charge in [-0.2, -0.15) is 0 Å². The lowest BCUT2D eigenvalue weighted by molar-refractivity contribution is -0.152. The maximum atomic E-state index is 13.3. The number of nitrogens with zero attached hydrogens (tertiary/aromatic N) is 1. The Balaban J connectivity index is 1.52. The summed E-state index contributed by atoms with van der Waals surface area (Å²) in [6.07, 6.45) is 5.58. The quantitative estimate of drug-likeness (QED) is 0.620. The van der Waals surface area contributed by atoms with Crippen LogP contribution in [-0.4, -0.2) is 35.4 Å². The van der Waals surface area contributed by atoms with E-state index in [2.05, 4.69) is 21.2 Å². The molecule has 1 aliphatic heterocycles. The van der Waals surface area contributed by atoms with Crippen molar-refractivity contribution in [1.29, 1.82) is 0 Å². The molecule has 3 atom stereocenters. The zero-order chi connectivity index (χ0) is 21.8. The van der Waals surface area contributed by atoms with Crippen molar-refractivity contribution >= 4 is 33.8 Å². The van der Waals surface area contributed by atoms with Crippen LogP contribution in [0.2, 0.25) is 0 Å². The summed E-state index contributed by atoms with van der Waals surface area (Å²) in [6, 6.07) is 17.4. The van der Waals surface area contributed by atoms with E-state index in [0.29, 0.717) is 5.76 Å². The van der Waals surface area contributed by atoms with Crippen molar-refractivity contribution < 1.29 is 14.3 Å². The van der Waals surface area contributed by atoms with Gasteiger partial charge in [0.05, 0.1) is 12.1 Å². The van der Waals surface area contributed by atoms with Gasteiger partial charge in [0.1, 0.15) is 12.6 Å². The van der Waals surface area contributed by atoms with Crippen LogP contribution in [0.1, 0.15) is 49.8 Å². The first-order valence-corrected chi connectivity index (χ1v) is 11.6. The number of hydrogen-bond acceptors (Lipinski definition) is 3. The summed E-state index contributed by atoms with van der Waals surface area (Å²) in [4.78, 5) is 27.9. The molecule has 6 heteroatoms. The maximum absolute atomic E-state index is 13.3. The highest BCUT2D eigenvalue weighted by Crippen LogP contribution is 2.33. The Morgan fingerprint density at radius 3 is 2.74 bits per heavy atom. The number of ether oxygens (including phenoxy) is 1. The predicted molar refractivity (Wildman–Crippen MR) is 124 cm³/mol. The van der Waals surface area contributed by atoms with Crippen molar-refractivity contribution in [1.82, 2.24) is 10.2 Å². The van der Waals surface area contributed by atoms with Crippen molar-refractivity contribution in [3.63, 3.8) is 0 Å². The van der Waals surface area contributed by atoms with E-state index in [1.807, 2.05) is 61.5 Å². The van der Waals surface area contributed by atoms with Crippen molar-refractivity contribution in [2.75, 3.05) is 6.54 Å². The van der Waals surface area contributed by atoms with Crippen LogP contribution in [0, 0.1) is 0 Å². The lowest BCUT2D eigenvalue weighted by atomic mass is 9.89. The molecule has 2 aromatic rings. The summed E-state index contributed by atoms with van der Waals surface area (Å²) in [5.41, 5.74) is 1.92. The largest absolute Gasteiger partial charge is 0.482 e. The Morgan fingerprint density at radius 1 is 1.19 bits per heavy atom. The van der Waals surface area contributed by atoms with Gasteiger partial charge in [-0.05, 0) is 55.5 Å². The number of nitrogens with one attached hydrogen (secondary N) is 1. The molecule has 162 valence electrons. The van der Waals surface area contributed by atoms with Crippen LogP contribution in [0.15, 0.2) is 64.8 Å². The van der Waals surface area contributed by atoms with Crippen LogP contribution in [0.5, 0.6) is 0 Å². The zero-order valence-corrected chi connectivity index (χ0v) is 19.2. The van der Waals surface area contributed by atoms with Gasteiger partial charge in [-0.3, -0.25) is 9.59 Å². The molecule has 1 saturated carbocycles. The Kier molecular flexibility index (Phi) is 6.76. The molecule has 1 saturated heterocycles. The number of rotatable bonds is 5. The van der Waals surface area contributed by atoms with Crippen LogP contribution in [0.25, 0.3) is 6.08 Å². The van der Waals surface area contributed by atoms with Gasteiger partial charge in [-0.25, -0.2) is 0 Å². The molecule has 5 nitrogen and oxygen atoms in total. The highest BCUT2D eigenvalue weighted by Gasteiger charge is 2.42. The third-order valence-electron chi connectivity index (χ3n) is 5.96. The van der Waals surface area contributed by atoms with Gasteiger partial charge in [0, 0.05) is 4.47 Å². The number of morpholine rings is 1. The first-order valence-electron chi connectivity index (χ1n) is 10.8. The monoisotopic (exact) mass is 482 g/mol. The van der Waals surface area contributed by atoms with E-state index in [1.165, 1.54) is 0 Å². The normalized spacial score (nSPS) is 23.1. The first-order chi connectivity index (χ1) is 15.0. The second-order valence-corrected chi connectivity index (χ2v) is 9.12. The van der Waals surface area contributed by atoms with E-state index < -0.39 is 0 Å². The predicted octanol–water partition coefficient (Wildman–Crippen LogP) is 4.84. The highest BCUT2D eigenvalue weighted by atomic mass is 79.9. The Bertz CT molecular complexity index is 976. The van der Waals surface area contributed by atoms with E-state index in [1.54, 1.807) is 11.0 Å². The molecule has 2 amide bonds. The molecule has 1 aliphatic carbocycles. The first kappa shape index (κ1) is 21.6. The summed E-state index contributed by atoms with van der Waals surface area (Å²) in [7, 11) is 0. The number of carbonyl (C=O) groups excluding carboxylic acids is 2. The van der Waals surface area contributed by atoms with Crippen LogP contribution >= 0.6 is 15.9 Å². The average molecular weight is 483 g/mol. The highest BCUT2D eigenvalue weighted by molar-refractivity contribution is 9.10. The molecule has 1 N–H and O–H groups in total. The number of fused-ring (bicyclic) bond motifs is 1. The minimum Gasteiger partial charge on any atom is -0.482 e. The van der Waals surface area contributed by atoms with E-state index in [9.17, 15) is 9.59 Å². The molecule has 3 unspecified atom stereocenters. The number of benzene rings is 2. The SMILES string of the molecule is CC(NC(=O)CN1C(=O)/C(=C\c2cccc(Br)c2)OC2CCCCC21)c1ccccc1. The second-order valence-electron chi connectivity index (χ2n) is 8.20. The van der Waals surface area contributed by atoms with Crippen LogP contribution in [0.3, 0.4) is 0 Å². The van der Waals surface area contributed by atoms with Crippen LogP contribution < -0.4 is 5.32 Å². The van der Waals surface area contributed by atoms with Crippen LogP contribution in [0.4, 0.5) is 0 Å². The summed E-state index contributed by atoms with van der Waals surface area (Å²) >= 11 is 3.47. The summed E-state index contributed by atoms with van der Waals surface area (Å²) < 4.78 is 7.07. The molecule has 0 spiro atoms. The summed E-state index contributed by atoms with van der Waals surface area (Å²) in [6.45, 7) is 1.99.